The summed E-state index contributed by atoms with van der Waals surface area (Å²) >= 11 is 5.47. The maximum atomic E-state index is 9.27. The molecule has 1 aliphatic heterocycles. The third kappa shape index (κ3) is 3.93. The number of rotatable bonds is 3. The number of hydrogen-bond acceptors (Lipinski definition) is 2. The van der Waals surface area contributed by atoms with Crippen LogP contribution in [-0.2, 0) is 0 Å². The quantitative estimate of drug-likeness (QED) is 0.839. The summed E-state index contributed by atoms with van der Waals surface area (Å²) in [4.78, 5) is 2.16. The van der Waals surface area contributed by atoms with Gasteiger partial charge in [-0.25, -0.2) is 0 Å². The van der Waals surface area contributed by atoms with E-state index in [0.29, 0.717) is 11.8 Å². The zero-order valence-electron chi connectivity index (χ0n) is 12.3. The highest BCUT2D eigenvalue weighted by Crippen LogP contribution is 2.19. The first-order valence-electron chi connectivity index (χ1n) is 7.37. The number of nitrogens with zero attached hydrogens (tertiary/aromatic N) is 1. The second-order valence-corrected chi connectivity index (χ2v) is 6.23. The highest BCUT2D eigenvalue weighted by molar-refractivity contribution is 7.80. The molecule has 0 unspecified atom stereocenters. The minimum Gasteiger partial charge on any atom is -0.396 e. The van der Waals surface area contributed by atoms with Crippen LogP contribution in [0.5, 0.6) is 0 Å². The van der Waals surface area contributed by atoms with Gasteiger partial charge in [-0.3, -0.25) is 0 Å². The first-order valence-corrected chi connectivity index (χ1v) is 7.77. The van der Waals surface area contributed by atoms with Gasteiger partial charge in [-0.05, 0) is 54.6 Å². The van der Waals surface area contributed by atoms with Gasteiger partial charge in [-0.15, -0.1) is 0 Å². The molecule has 0 saturated carbocycles. The SMILES string of the molecule is CC(C)c1ccc(NC(=S)N2CCC[C@@H](CO)C2)cc1. The van der Waals surface area contributed by atoms with Crippen LogP contribution >= 0.6 is 12.2 Å². The van der Waals surface area contributed by atoms with Crippen LogP contribution in [0.1, 0.15) is 38.2 Å². The summed E-state index contributed by atoms with van der Waals surface area (Å²) in [5.41, 5.74) is 2.37. The van der Waals surface area contributed by atoms with Crippen LogP contribution in [0.15, 0.2) is 24.3 Å². The highest BCUT2D eigenvalue weighted by atomic mass is 32.1. The van der Waals surface area contributed by atoms with E-state index in [1.165, 1.54) is 5.56 Å². The summed E-state index contributed by atoms with van der Waals surface area (Å²) in [6.45, 7) is 6.46. The van der Waals surface area contributed by atoms with Gasteiger partial charge in [0.2, 0.25) is 0 Å². The molecule has 1 saturated heterocycles. The van der Waals surface area contributed by atoms with Gasteiger partial charge in [0.15, 0.2) is 5.11 Å². The Balaban J connectivity index is 1.93. The van der Waals surface area contributed by atoms with Crippen molar-refractivity contribution in [1.82, 2.24) is 4.90 Å². The predicted octanol–water partition coefficient (Wildman–Crippen LogP) is 3.21. The highest BCUT2D eigenvalue weighted by Gasteiger charge is 2.20. The number of aliphatic hydroxyl groups is 1. The molecule has 1 aromatic carbocycles. The monoisotopic (exact) mass is 292 g/mol. The number of anilines is 1. The number of thiocarbonyl (C=S) groups is 1. The molecule has 0 aromatic heterocycles. The Bertz CT molecular complexity index is 444. The number of benzene rings is 1. The van der Waals surface area contributed by atoms with Gasteiger partial charge in [-0.1, -0.05) is 26.0 Å². The molecule has 2 rings (SSSR count). The zero-order valence-corrected chi connectivity index (χ0v) is 13.1. The van der Waals surface area contributed by atoms with Crippen LogP contribution in [-0.4, -0.2) is 34.8 Å². The Morgan fingerprint density at radius 2 is 2.10 bits per heavy atom. The molecule has 2 N–H and O–H groups in total. The van der Waals surface area contributed by atoms with Gasteiger partial charge in [-0.2, -0.15) is 0 Å². The van der Waals surface area contributed by atoms with Crippen molar-refractivity contribution < 1.29 is 5.11 Å². The summed E-state index contributed by atoms with van der Waals surface area (Å²) < 4.78 is 0. The summed E-state index contributed by atoms with van der Waals surface area (Å²) in [5, 5.41) is 13.3. The average Bonchev–Trinajstić information content (AvgIpc) is 2.47. The molecule has 20 heavy (non-hydrogen) atoms. The first-order chi connectivity index (χ1) is 9.60. The maximum Gasteiger partial charge on any atom is 0.173 e. The van der Waals surface area contributed by atoms with Crippen LogP contribution in [0, 0.1) is 5.92 Å². The number of likely N-dealkylation sites (tertiary alicyclic amines) is 1. The number of aliphatic hydroxyl groups excluding tert-OH is 1. The zero-order chi connectivity index (χ0) is 14.5. The Morgan fingerprint density at radius 1 is 1.40 bits per heavy atom. The lowest BCUT2D eigenvalue weighted by Crippen LogP contribution is -2.43. The Morgan fingerprint density at radius 3 is 2.70 bits per heavy atom. The van der Waals surface area contributed by atoms with Crippen LogP contribution in [0.2, 0.25) is 0 Å². The lowest BCUT2D eigenvalue weighted by atomic mass is 9.99. The van der Waals surface area contributed by atoms with Crippen LogP contribution in [0.25, 0.3) is 0 Å². The van der Waals surface area contributed by atoms with Gasteiger partial charge in [0, 0.05) is 25.4 Å². The topological polar surface area (TPSA) is 35.5 Å². The fraction of sp³-hybridized carbons (Fsp3) is 0.562. The Kier molecular flexibility index (Phi) is 5.38. The van der Waals surface area contributed by atoms with E-state index in [0.717, 1.165) is 36.7 Å². The van der Waals surface area contributed by atoms with Crippen LogP contribution < -0.4 is 5.32 Å². The third-order valence-corrected chi connectivity index (χ3v) is 4.25. The molecule has 0 spiro atoms. The van der Waals surface area contributed by atoms with Crippen molar-refractivity contribution >= 4 is 23.0 Å². The molecule has 1 heterocycles. The molecule has 1 fully saturated rings. The number of nitrogens with one attached hydrogen (secondary N) is 1. The Hall–Kier alpha value is -1.13. The van der Waals surface area contributed by atoms with E-state index in [1.807, 2.05) is 0 Å². The molecule has 110 valence electrons. The summed E-state index contributed by atoms with van der Waals surface area (Å²) in [7, 11) is 0. The predicted molar refractivity (Wildman–Crippen MR) is 88.1 cm³/mol. The van der Waals surface area contributed by atoms with E-state index < -0.39 is 0 Å². The van der Waals surface area contributed by atoms with Gasteiger partial charge in [0.25, 0.3) is 0 Å². The molecule has 4 heteroatoms. The van der Waals surface area contributed by atoms with Crippen LogP contribution in [0.3, 0.4) is 0 Å². The Labute approximate surface area is 127 Å². The summed E-state index contributed by atoms with van der Waals surface area (Å²) in [5.74, 6) is 0.898. The fourth-order valence-electron chi connectivity index (χ4n) is 2.55. The van der Waals surface area contributed by atoms with Crippen molar-refractivity contribution in [3.05, 3.63) is 29.8 Å². The van der Waals surface area contributed by atoms with Gasteiger partial charge in [0.1, 0.15) is 0 Å². The molecule has 3 nitrogen and oxygen atoms in total. The smallest absolute Gasteiger partial charge is 0.173 e. The molecule has 1 aliphatic rings. The normalized spacial score (nSPS) is 19.2. The molecular weight excluding hydrogens is 268 g/mol. The van der Waals surface area contributed by atoms with Crippen molar-refractivity contribution in [3.63, 3.8) is 0 Å². The summed E-state index contributed by atoms with van der Waals surface area (Å²) in [6.07, 6.45) is 2.19. The van der Waals surface area contributed by atoms with Crippen molar-refractivity contribution in [3.8, 4) is 0 Å². The van der Waals surface area contributed by atoms with E-state index in [-0.39, 0.29) is 6.61 Å². The number of piperidine rings is 1. The lowest BCUT2D eigenvalue weighted by molar-refractivity contribution is 0.162. The summed E-state index contributed by atoms with van der Waals surface area (Å²) in [6, 6.07) is 8.44. The molecule has 1 aromatic rings. The van der Waals surface area contributed by atoms with E-state index in [1.54, 1.807) is 0 Å². The minimum absolute atomic E-state index is 0.252. The van der Waals surface area contributed by atoms with E-state index in [2.05, 4.69) is 48.3 Å². The van der Waals surface area contributed by atoms with Gasteiger partial charge < -0.3 is 15.3 Å². The van der Waals surface area contributed by atoms with Crippen LogP contribution in [0.4, 0.5) is 5.69 Å². The van der Waals surface area contributed by atoms with Gasteiger partial charge >= 0.3 is 0 Å². The molecule has 1 atom stereocenters. The van der Waals surface area contributed by atoms with Crippen molar-refractivity contribution in [2.24, 2.45) is 5.92 Å². The average molecular weight is 292 g/mol. The molecular formula is C16H24N2OS. The van der Waals surface area contributed by atoms with E-state index >= 15 is 0 Å². The maximum absolute atomic E-state index is 9.27. The lowest BCUT2D eigenvalue weighted by Gasteiger charge is -2.33. The van der Waals surface area contributed by atoms with E-state index in [9.17, 15) is 5.11 Å². The minimum atomic E-state index is 0.252. The van der Waals surface area contributed by atoms with E-state index in [4.69, 9.17) is 12.2 Å². The first kappa shape index (κ1) is 15.3. The van der Waals surface area contributed by atoms with Gasteiger partial charge in [0.05, 0.1) is 0 Å². The second-order valence-electron chi connectivity index (χ2n) is 5.84. The fourth-order valence-corrected chi connectivity index (χ4v) is 2.84. The molecule has 0 amide bonds. The largest absolute Gasteiger partial charge is 0.396 e. The third-order valence-electron chi connectivity index (χ3n) is 3.89. The molecule has 0 radical (unpaired) electrons. The molecule has 0 bridgehead atoms. The van der Waals surface area contributed by atoms with Crippen molar-refractivity contribution in [2.75, 3.05) is 25.0 Å². The molecule has 0 aliphatic carbocycles. The number of hydrogen-bond donors (Lipinski definition) is 2. The van der Waals surface area contributed by atoms with Crippen molar-refractivity contribution in [2.45, 2.75) is 32.6 Å². The van der Waals surface area contributed by atoms with Crippen molar-refractivity contribution in [1.29, 1.82) is 0 Å². The second kappa shape index (κ2) is 7.04. The standard InChI is InChI=1S/C16H24N2OS/c1-12(2)14-5-7-15(8-6-14)17-16(20)18-9-3-4-13(10-18)11-19/h5-8,12-13,19H,3-4,9-11H2,1-2H3,(H,17,20)/t13-/m1/s1.